The SMILES string of the molecule is COc1cc(-n2cnc(CSc3ccc(F)cc3)cc2=O)ccc1OCC(C)(C)C. The number of ether oxygens (including phenoxy) is 2. The highest BCUT2D eigenvalue weighted by molar-refractivity contribution is 7.98. The lowest BCUT2D eigenvalue weighted by atomic mass is 9.99. The van der Waals surface area contributed by atoms with Gasteiger partial charge in [-0.15, -0.1) is 11.8 Å². The van der Waals surface area contributed by atoms with Gasteiger partial charge in [0, 0.05) is 22.8 Å². The van der Waals surface area contributed by atoms with E-state index in [4.69, 9.17) is 9.47 Å². The van der Waals surface area contributed by atoms with Crippen LogP contribution in [0.25, 0.3) is 5.69 Å². The fourth-order valence-corrected chi connectivity index (χ4v) is 3.42. The van der Waals surface area contributed by atoms with E-state index >= 15 is 0 Å². The molecule has 30 heavy (non-hydrogen) atoms. The molecular formula is C23H25FN2O3S. The Hall–Kier alpha value is -2.80. The summed E-state index contributed by atoms with van der Waals surface area (Å²) in [6.45, 7) is 6.82. The zero-order valence-electron chi connectivity index (χ0n) is 17.5. The minimum Gasteiger partial charge on any atom is -0.493 e. The first-order valence-electron chi connectivity index (χ1n) is 9.52. The van der Waals surface area contributed by atoms with Gasteiger partial charge < -0.3 is 9.47 Å². The van der Waals surface area contributed by atoms with E-state index in [0.717, 1.165) is 4.90 Å². The second kappa shape index (κ2) is 9.34. The maximum Gasteiger partial charge on any atom is 0.258 e. The monoisotopic (exact) mass is 428 g/mol. The molecular weight excluding hydrogens is 403 g/mol. The van der Waals surface area contributed by atoms with Crippen LogP contribution in [0.15, 0.2) is 64.5 Å². The Morgan fingerprint density at radius 1 is 1.07 bits per heavy atom. The number of nitrogens with zero attached hydrogens (tertiary/aromatic N) is 2. The molecule has 0 N–H and O–H groups in total. The summed E-state index contributed by atoms with van der Waals surface area (Å²) in [5.41, 5.74) is 1.13. The molecule has 1 heterocycles. The van der Waals surface area contributed by atoms with E-state index < -0.39 is 0 Å². The van der Waals surface area contributed by atoms with Crippen molar-refractivity contribution in [3.63, 3.8) is 0 Å². The molecule has 0 aliphatic carbocycles. The second-order valence-electron chi connectivity index (χ2n) is 8.02. The quantitative estimate of drug-likeness (QED) is 0.490. The van der Waals surface area contributed by atoms with Crippen molar-refractivity contribution < 1.29 is 13.9 Å². The van der Waals surface area contributed by atoms with E-state index in [1.165, 1.54) is 40.9 Å². The molecule has 0 aliphatic heterocycles. The minimum atomic E-state index is -0.273. The predicted molar refractivity (Wildman–Crippen MR) is 117 cm³/mol. The fourth-order valence-electron chi connectivity index (χ4n) is 2.62. The van der Waals surface area contributed by atoms with Crippen LogP contribution in [0, 0.1) is 11.2 Å². The van der Waals surface area contributed by atoms with Crippen LogP contribution in [0.3, 0.4) is 0 Å². The lowest BCUT2D eigenvalue weighted by molar-refractivity contribution is 0.191. The molecule has 0 aliphatic rings. The number of benzene rings is 2. The van der Waals surface area contributed by atoms with Crippen molar-refractivity contribution in [3.05, 3.63) is 76.7 Å². The third-order valence-electron chi connectivity index (χ3n) is 4.15. The molecule has 1 aromatic heterocycles. The van der Waals surface area contributed by atoms with Crippen molar-refractivity contribution in [1.82, 2.24) is 9.55 Å². The lowest BCUT2D eigenvalue weighted by Crippen LogP contribution is -2.19. The molecule has 7 heteroatoms. The first-order chi connectivity index (χ1) is 14.2. The fraction of sp³-hybridized carbons (Fsp3) is 0.304. The third-order valence-corrected chi connectivity index (χ3v) is 5.20. The van der Waals surface area contributed by atoms with Gasteiger partial charge in [-0.1, -0.05) is 20.8 Å². The van der Waals surface area contributed by atoms with E-state index in [1.54, 1.807) is 37.4 Å². The Bertz CT molecular complexity index is 1060. The molecule has 0 amide bonds. The molecule has 158 valence electrons. The summed E-state index contributed by atoms with van der Waals surface area (Å²) in [5, 5.41) is 0. The Labute approximate surface area is 179 Å². The summed E-state index contributed by atoms with van der Waals surface area (Å²) < 4.78 is 25.8. The molecule has 0 fully saturated rings. The predicted octanol–water partition coefficient (Wildman–Crippen LogP) is 5.10. The normalized spacial score (nSPS) is 11.4. The summed E-state index contributed by atoms with van der Waals surface area (Å²) in [4.78, 5) is 17.9. The maximum atomic E-state index is 13.0. The van der Waals surface area contributed by atoms with Crippen LogP contribution in [0.1, 0.15) is 26.5 Å². The van der Waals surface area contributed by atoms with Gasteiger partial charge >= 0.3 is 0 Å². The minimum absolute atomic E-state index is 0.0201. The first-order valence-corrected chi connectivity index (χ1v) is 10.5. The van der Waals surface area contributed by atoms with Gasteiger partial charge in [-0.05, 0) is 41.8 Å². The topological polar surface area (TPSA) is 53.4 Å². The zero-order valence-corrected chi connectivity index (χ0v) is 18.3. The molecule has 0 saturated carbocycles. The Morgan fingerprint density at radius 2 is 1.80 bits per heavy atom. The largest absolute Gasteiger partial charge is 0.493 e. The van der Waals surface area contributed by atoms with E-state index in [1.807, 2.05) is 0 Å². The molecule has 0 bridgehead atoms. The molecule has 3 rings (SSSR count). The van der Waals surface area contributed by atoms with Gasteiger partial charge in [0.25, 0.3) is 5.56 Å². The standard InChI is InChI=1S/C23H25FN2O3S/c1-23(2,3)14-29-20-10-7-18(12-21(20)28-4)26-15-25-17(11-22(26)27)13-30-19-8-5-16(24)6-9-19/h5-12,15H,13-14H2,1-4H3. The third kappa shape index (κ3) is 5.86. The molecule has 3 aromatic rings. The highest BCUT2D eigenvalue weighted by Gasteiger charge is 2.14. The van der Waals surface area contributed by atoms with Crippen LogP contribution >= 0.6 is 11.8 Å². The number of halogens is 1. The van der Waals surface area contributed by atoms with Crippen LogP contribution in [0.5, 0.6) is 11.5 Å². The van der Waals surface area contributed by atoms with E-state index in [2.05, 4.69) is 25.8 Å². The van der Waals surface area contributed by atoms with Crippen LogP contribution in [-0.4, -0.2) is 23.3 Å². The van der Waals surface area contributed by atoms with Gasteiger partial charge in [0.2, 0.25) is 0 Å². The van der Waals surface area contributed by atoms with Crippen LogP contribution < -0.4 is 15.0 Å². The Kier molecular flexibility index (Phi) is 6.82. The van der Waals surface area contributed by atoms with Crippen molar-refractivity contribution in [2.45, 2.75) is 31.4 Å². The van der Waals surface area contributed by atoms with Gasteiger partial charge in [0.05, 0.1) is 25.1 Å². The molecule has 0 radical (unpaired) electrons. The van der Waals surface area contributed by atoms with Gasteiger partial charge in [-0.2, -0.15) is 0 Å². The summed E-state index contributed by atoms with van der Waals surface area (Å²) >= 11 is 1.49. The second-order valence-corrected chi connectivity index (χ2v) is 9.06. The number of methoxy groups -OCH3 is 1. The molecule has 2 aromatic carbocycles. The van der Waals surface area contributed by atoms with Crippen LogP contribution in [0.4, 0.5) is 4.39 Å². The number of hydrogen-bond donors (Lipinski definition) is 0. The summed E-state index contributed by atoms with van der Waals surface area (Å²) in [7, 11) is 1.57. The van der Waals surface area contributed by atoms with E-state index in [-0.39, 0.29) is 16.8 Å². The molecule has 0 saturated heterocycles. The zero-order chi connectivity index (χ0) is 21.7. The van der Waals surface area contributed by atoms with E-state index in [0.29, 0.717) is 35.2 Å². The van der Waals surface area contributed by atoms with Crippen molar-refractivity contribution in [2.24, 2.45) is 5.41 Å². The van der Waals surface area contributed by atoms with Gasteiger partial charge in [0.1, 0.15) is 12.1 Å². The Morgan fingerprint density at radius 3 is 2.43 bits per heavy atom. The van der Waals surface area contributed by atoms with Crippen LogP contribution in [-0.2, 0) is 5.75 Å². The maximum absolute atomic E-state index is 13.0. The average molecular weight is 429 g/mol. The molecule has 0 atom stereocenters. The van der Waals surface area contributed by atoms with E-state index in [9.17, 15) is 9.18 Å². The van der Waals surface area contributed by atoms with Gasteiger partial charge in [-0.3, -0.25) is 9.36 Å². The van der Waals surface area contributed by atoms with Gasteiger partial charge in [0.15, 0.2) is 11.5 Å². The molecule has 0 unspecified atom stereocenters. The molecule has 0 spiro atoms. The highest BCUT2D eigenvalue weighted by Crippen LogP contribution is 2.30. The summed E-state index contributed by atoms with van der Waals surface area (Å²) in [6.07, 6.45) is 1.51. The van der Waals surface area contributed by atoms with Crippen molar-refractivity contribution >= 4 is 11.8 Å². The number of rotatable bonds is 7. The van der Waals surface area contributed by atoms with Crippen molar-refractivity contribution in [1.29, 1.82) is 0 Å². The highest BCUT2D eigenvalue weighted by atomic mass is 32.2. The number of aromatic nitrogens is 2. The lowest BCUT2D eigenvalue weighted by Gasteiger charge is -2.20. The summed E-state index contributed by atoms with van der Waals surface area (Å²) in [5.74, 6) is 1.43. The Balaban J connectivity index is 1.75. The smallest absolute Gasteiger partial charge is 0.258 e. The molecule has 5 nitrogen and oxygen atoms in total. The first kappa shape index (κ1) is 21.9. The van der Waals surface area contributed by atoms with Gasteiger partial charge in [-0.25, -0.2) is 9.37 Å². The number of hydrogen-bond acceptors (Lipinski definition) is 5. The van der Waals surface area contributed by atoms with Crippen LogP contribution in [0.2, 0.25) is 0 Å². The summed E-state index contributed by atoms with van der Waals surface area (Å²) in [6, 6.07) is 13.1. The number of thioether (sulfide) groups is 1. The average Bonchev–Trinajstić information content (AvgIpc) is 2.71. The van der Waals surface area contributed by atoms with Crippen molar-refractivity contribution in [3.8, 4) is 17.2 Å². The van der Waals surface area contributed by atoms with Crippen molar-refractivity contribution in [2.75, 3.05) is 13.7 Å².